The summed E-state index contributed by atoms with van der Waals surface area (Å²) in [5.74, 6) is -0.395. The average molecular weight is 264 g/mol. The zero-order valence-corrected chi connectivity index (χ0v) is 11.1. The minimum atomic E-state index is -2.30. The summed E-state index contributed by atoms with van der Waals surface area (Å²) < 4.78 is 29.6. The summed E-state index contributed by atoms with van der Waals surface area (Å²) in [6, 6.07) is 0. The van der Waals surface area contributed by atoms with Crippen LogP contribution in [0.15, 0.2) is 0 Å². The predicted molar refractivity (Wildman–Crippen MR) is 63.4 cm³/mol. The van der Waals surface area contributed by atoms with Crippen LogP contribution in [0.3, 0.4) is 0 Å². The number of ether oxygens (including phenoxy) is 1. The van der Waals surface area contributed by atoms with Gasteiger partial charge in [0.2, 0.25) is 0 Å². The molecular weight excluding hydrogens is 244 g/mol. The fraction of sp³-hybridized carbons (Fsp3) is 0.909. The third-order valence-corrected chi connectivity index (χ3v) is 3.54. The Hall–Kier alpha value is -0.460. The maximum Gasteiger partial charge on any atom is 0.309 e. The van der Waals surface area contributed by atoms with Crippen LogP contribution in [0.2, 0.25) is 0 Å². The van der Waals surface area contributed by atoms with Crippen LogP contribution in [0.5, 0.6) is 0 Å². The van der Waals surface area contributed by atoms with Gasteiger partial charge < -0.3 is 4.74 Å². The molecule has 0 aliphatic heterocycles. The Kier molecular flexibility index (Phi) is 6.08. The molecule has 1 rings (SSSR count). The van der Waals surface area contributed by atoms with Gasteiger partial charge in [0.1, 0.15) is 12.2 Å². The van der Waals surface area contributed by atoms with Crippen LogP contribution in [0.4, 0.5) is 0 Å². The Labute approximate surface area is 104 Å². The Morgan fingerprint density at radius 3 is 2.53 bits per heavy atom. The molecule has 1 fully saturated rings. The Morgan fingerprint density at radius 2 is 2.00 bits per heavy atom. The first kappa shape index (κ1) is 14.6. The van der Waals surface area contributed by atoms with Crippen LogP contribution < -0.4 is 0 Å². The lowest BCUT2D eigenvalue weighted by Crippen LogP contribution is -2.37. The average Bonchev–Trinajstić information content (AvgIpc) is 2.29. The molecule has 0 heterocycles. The second-order valence-electron chi connectivity index (χ2n) is 4.42. The highest BCUT2D eigenvalue weighted by atomic mass is 32.2. The Bertz CT molecular complexity index is 281. The van der Waals surface area contributed by atoms with E-state index in [1.165, 1.54) is 0 Å². The molecule has 4 atom stereocenters. The van der Waals surface area contributed by atoms with Crippen molar-refractivity contribution in [1.29, 1.82) is 0 Å². The highest BCUT2D eigenvalue weighted by Crippen LogP contribution is 2.25. The first-order valence-corrected chi connectivity index (χ1v) is 7.06. The van der Waals surface area contributed by atoms with E-state index in [1.807, 2.05) is 13.8 Å². The first-order valence-electron chi connectivity index (χ1n) is 6.03. The van der Waals surface area contributed by atoms with Gasteiger partial charge in [0, 0.05) is 0 Å². The summed E-state index contributed by atoms with van der Waals surface area (Å²) >= 11 is -2.30. The highest BCUT2D eigenvalue weighted by Gasteiger charge is 2.31. The molecule has 0 amide bonds. The van der Waals surface area contributed by atoms with Crippen molar-refractivity contribution >= 4 is 17.3 Å². The fourth-order valence-corrected chi connectivity index (χ4v) is 2.28. The van der Waals surface area contributed by atoms with Gasteiger partial charge in [-0.05, 0) is 25.7 Å². The Morgan fingerprint density at radius 1 is 1.41 bits per heavy atom. The van der Waals surface area contributed by atoms with Gasteiger partial charge in [-0.1, -0.05) is 20.3 Å². The summed E-state index contributed by atoms with van der Waals surface area (Å²) in [5, 5.41) is 0. The lowest BCUT2D eigenvalue weighted by molar-refractivity contribution is -0.160. The Balaban J connectivity index is 2.53. The largest absolute Gasteiger partial charge is 0.459 e. The molecule has 1 N–H and O–H groups in total. The van der Waals surface area contributed by atoms with Gasteiger partial charge >= 0.3 is 17.3 Å². The molecule has 100 valence electrons. The lowest BCUT2D eigenvalue weighted by Gasteiger charge is -2.30. The molecule has 0 spiro atoms. The second-order valence-corrected chi connectivity index (χ2v) is 5.05. The van der Waals surface area contributed by atoms with Crippen molar-refractivity contribution in [2.24, 2.45) is 5.92 Å². The molecule has 6 heteroatoms. The standard InChI is InChI=1S/C11H20O5S/c1-3-8(2)11(12)15-9-6-4-5-7-10(9)16-17(13)14/h8-10H,3-7H2,1-2H3,(H,13,14). The number of rotatable bonds is 5. The van der Waals surface area contributed by atoms with E-state index in [9.17, 15) is 9.00 Å². The summed E-state index contributed by atoms with van der Waals surface area (Å²) in [6.07, 6.45) is 3.12. The summed E-state index contributed by atoms with van der Waals surface area (Å²) in [6.45, 7) is 3.73. The summed E-state index contributed by atoms with van der Waals surface area (Å²) in [7, 11) is 0. The first-order chi connectivity index (χ1) is 8.04. The van der Waals surface area contributed by atoms with Gasteiger partial charge in [-0.15, -0.1) is 0 Å². The molecule has 5 nitrogen and oxygen atoms in total. The van der Waals surface area contributed by atoms with Crippen molar-refractivity contribution in [3.8, 4) is 0 Å². The van der Waals surface area contributed by atoms with Gasteiger partial charge in [0.25, 0.3) is 0 Å². The van der Waals surface area contributed by atoms with Gasteiger partial charge in [0.05, 0.1) is 5.92 Å². The van der Waals surface area contributed by atoms with Crippen molar-refractivity contribution in [1.82, 2.24) is 0 Å². The maximum atomic E-state index is 11.7. The van der Waals surface area contributed by atoms with Crippen LogP contribution in [0.1, 0.15) is 46.0 Å². The van der Waals surface area contributed by atoms with Crippen LogP contribution in [-0.2, 0) is 25.1 Å². The van der Waals surface area contributed by atoms with Crippen molar-refractivity contribution in [3.05, 3.63) is 0 Å². The number of esters is 1. The molecule has 1 aliphatic rings. The number of hydrogen-bond acceptors (Lipinski definition) is 4. The van der Waals surface area contributed by atoms with Gasteiger partial charge in [-0.25, -0.2) is 0 Å². The molecule has 17 heavy (non-hydrogen) atoms. The van der Waals surface area contributed by atoms with Crippen LogP contribution in [-0.4, -0.2) is 26.9 Å². The third-order valence-electron chi connectivity index (χ3n) is 3.13. The SMILES string of the molecule is CCC(C)C(=O)OC1CCCCC1OS(=O)O. The van der Waals surface area contributed by atoms with E-state index >= 15 is 0 Å². The summed E-state index contributed by atoms with van der Waals surface area (Å²) in [4.78, 5) is 11.7. The van der Waals surface area contributed by atoms with Crippen LogP contribution >= 0.6 is 0 Å². The summed E-state index contributed by atoms with van der Waals surface area (Å²) in [5.41, 5.74) is 0. The van der Waals surface area contributed by atoms with E-state index in [4.69, 9.17) is 13.5 Å². The number of hydrogen-bond donors (Lipinski definition) is 1. The van der Waals surface area contributed by atoms with Crippen LogP contribution in [0.25, 0.3) is 0 Å². The predicted octanol–water partition coefficient (Wildman–Crippen LogP) is 2.04. The molecule has 0 saturated heterocycles. The van der Waals surface area contributed by atoms with E-state index in [1.54, 1.807) is 0 Å². The van der Waals surface area contributed by atoms with E-state index < -0.39 is 17.5 Å². The number of carbonyl (C=O) groups excluding carboxylic acids is 1. The fourth-order valence-electron chi connectivity index (χ4n) is 1.85. The van der Waals surface area contributed by atoms with E-state index in [0.717, 1.165) is 19.3 Å². The molecule has 0 aromatic carbocycles. The van der Waals surface area contributed by atoms with E-state index in [2.05, 4.69) is 0 Å². The molecule has 0 aromatic heterocycles. The molecule has 1 saturated carbocycles. The second kappa shape index (κ2) is 7.08. The molecule has 1 aliphatic carbocycles. The number of carbonyl (C=O) groups is 1. The zero-order chi connectivity index (χ0) is 12.8. The molecule has 0 aromatic rings. The minimum Gasteiger partial charge on any atom is -0.459 e. The van der Waals surface area contributed by atoms with E-state index in [0.29, 0.717) is 12.8 Å². The maximum absolute atomic E-state index is 11.7. The lowest BCUT2D eigenvalue weighted by atomic mass is 9.94. The van der Waals surface area contributed by atoms with E-state index in [-0.39, 0.29) is 18.0 Å². The monoisotopic (exact) mass is 264 g/mol. The highest BCUT2D eigenvalue weighted by molar-refractivity contribution is 7.74. The quantitative estimate of drug-likeness (QED) is 0.607. The van der Waals surface area contributed by atoms with Crippen molar-refractivity contribution in [2.75, 3.05) is 0 Å². The van der Waals surface area contributed by atoms with Crippen molar-refractivity contribution in [2.45, 2.75) is 58.2 Å². The molecule has 0 radical (unpaired) electrons. The van der Waals surface area contributed by atoms with Crippen molar-refractivity contribution in [3.63, 3.8) is 0 Å². The topological polar surface area (TPSA) is 72.8 Å². The molecular formula is C11H20O5S. The van der Waals surface area contributed by atoms with Crippen molar-refractivity contribution < 1.29 is 22.5 Å². The van der Waals surface area contributed by atoms with Gasteiger partial charge in [-0.2, -0.15) is 4.21 Å². The van der Waals surface area contributed by atoms with Gasteiger partial charge in [-0.3, -0.25) is 13.5 Å². The normalized spacial score (nSPS) is 28.4. The smallest absolute Gasteiger partial charge is 0.309 e. The molecule has 0 bridgehead atoms. The van der Waals surface area contributed by atoms with Gasteiger partial charge in [0.15, 0.2) is 0 Å². The minimum absolute atomic E-state index is 0.141. The third kappa shape index (κ3) is 4.73. The van der Waals surface area contributed by atoms with Crippen LogP contribution in [0, 0.1) is 5.92 Å². The zero-order valence-electron chi connectivity index (χ0n) is 10.3. The molecule has 4 unspecified atom stereocenters.